The Morgan fingerprint density at radius 2 is 2.09 bits per heavy atom. The van der Waals surface area contributed by atoms with Crippen LogP contribution in [0.4, 0.5) is 22.1 Å². The van der Waals surface area contributed by atoms with Crippen molar-refractivity contribution in [2.45, 2.75) is 31.9 Å². The van der Waals surface area contributed by atoms with Gasteiger partial charge in [0.05, 0.1) is 35.7 Å². The molecular formula is C24H24ClN7O3. The van der Waals surface area contributed by atoms with E-state index in [2.05, 4.69) is 25.2 Å². The van der Waals surface area contributed by atoms with Gasteiger partial charge in [-0.05, 0) is 37.6 Å². The SMILES string of the molecule is Cc1cc(-c2nc3c(cc2Cl)N2CCC(C2)N3C(=O)Nc2ccnc(O[C@H]3CCOC3)n2)ccn1. The minimum Gasteiger partial charge on any atom is -0.458 e. The Morgan fingerprint density at radius 3 is 2.91 bits per heavy atom. The lowest BCUT2D eigenvalue weighted by Gasteiger charge is -2.36. The van der Waals surface area contributed by atoms with Crippen molar-refractivity contribution < 1.29 is 14.3 Å². The summed E-state index contributed by atoms with van der Waals surface area (Å²) in [6.07, 6.45) is 4.84. The highest BCUT2D eigenvalue weighted by Crippen LogP contribution is 2.43. The molecule has 2 bridgehead atoms. The maximum absolute atomic E-state index is 13.6. The monoisotopic (exact) mass is 493 g/mol. The fourth-order valence-corrected chi connectivity index (χ4v) is 5.03. The molecule has 11 heteroatoms. The number of aryl methyl sites for hydroxylation is 1. The second kappa shape index (κ2) is 8.94. The fourth-order valence-electron chi connectivity index (χ4n) is 4.77. The van der Waals surface area contributed by atoms with E-state index in [1.54, 1.807) is 23.4 Å². The van der Waals surface area contributed by atoms with E-state index in [1.165, 1.54) is 0 Å². The summed E-state index contributed by atoms with van der Waals surface area (Å²) in [5.41, 5.74) is 3.18. The van der Waals surface area contributed by atoms with Gasteiger partial charge >= 0.3 is 12.0 Å². The smallest absolute Gasteiger partial charge is 0.329 e. The Kier molecular flexibility index (Phi) is 5.62. The van der Waals surface area contributed by atoms with Gasteiger partial charge in [0.2, 0.25) is 0 Å². The standard InChI is InChI=1S/C24H24ClN7O3/c1-14-10-15(2-6-26-14)21-18(25)11-19-22(30-21)32(16-4-8-31(19)12-16)24(33)29-20-3-7-27-23(28-20)35-17-5-9-34-13-17/h2-3,6-7,10-11,16-17H,4-5,8-9,12-13H2,1H3,(H,27,28,29,33)/t16?,17-/m0/s1. The molecule has 1 N–H and O–H groups in total. The van der Waals surface area contributed by atoms with Crippen LogP contribution in [0.5, 0.6) is 6.01 Å². The summed E-state index contributed by atoms with van der Waals surface area (Å²) in [7, 11) is 0. The Morgan fingerprint density at radius 1 is 1.20 bits per heavy atom. The predicted octanol–water partition coefficient (Wildman–Crippen LogP) is 3.69. The number of anilines is 3. The molecule has 2 amide bonds. The minimum absolute atomic E-state index is 0.00334. The van der Waals surface area contributed by atoms with Crippen molar-refractivity contribution in [2.24, 2.45) is 0 Å². The minimum atomic E-state index is -0.307. The van der Waals surface area contributed by atoms with Crippen LogP contribution in [0, 0.1) is 6.92 Å². The Labute approximate surface area is 207 Å². The number of ether oxygens (including phenoxy) is 2. The highest BCUT2D eigenvalue weighted by molar-refractivity contribution is 6.33. The van der Waals surface area contributed by atoms with Crippen molar-refractivity contribution in [3.05, 3.63) is 47.4 Å². The van der Waals surface area contributed by atoms with Gasteiger partial charge in [0.25, 0.3) is 0 Å². The Bertz CT molecular complexity index is 1280. The molecule has 3 aliphatic heterocycles. The van der Waals surface area contributed by atoms with Crippen LogP contribution in [-0.2, 0) is 4.74 Å². The van der Waals surface area contributed by atoms with Crippen molar-refractivity contribution in [3.8, 4) is 17.3 Å². The maximum Gasteiger partial charge on any atom is 0.329 e. The number of fused-ring (bicyclic) bond motifs is 4. The number of amides is 2. The fraction of sp³-hybridized carbons (Fsp3) is 0.375. The zero-order valence-electron chi connectivity index (χ0n) is 19.1. The van der Waals surface area contributed by atoms with Gasteiger partial charge in [0.1, 0.15) is 11.9 Å². The summed E-state index contributed by atoms with van der Waals surface area (Å²) in [5, 5.41) is 3.44. The molecule has 3 aromatic rings. The van der Waals surface area contributed by atoms with Gasteiger partial charge in [0.15, 0.2) is 5.82 Å². The molecule has 1 unspecified atom stereocenters. The third kappa shape index (κ3) is 4.23. The number of aromatic nitrogens is 4. The predicted molar refractivity (Wildman–Crippen MR) is 131 cm³/mol. The lowest BCUT2D eigenvalue weighted by molar-refractivity contribution is 0.134. The molecule has 0 spiro atoms. The lowest BCUT2D eigenvalue weighted by Crippen LogP contribution is -2.48. The maximum atomic E-state index is 13.6. The Balaban J connectivity index is 1.31. The largest absolute Gasteiger partial charge is 0.458 e. The molecule has 0 saturated carbocycles. The van der Waals surface area contributed by atoms with E-state index in [0.717, 1.165) is 42.9 Å². The van der Waals surface area contributed by atoms with Crippen molar-refractivity contribution >= 4 is 35.0 Å². The summed E-state index contributed by atoms with van der Waals surface area (Å²) in [5.74, 6) is 0.943. The van der Waals surface area contributed by atoms with Gasteiger partial charge in [-0.2, -0.15) is 4.98 Å². The molecule has 35 heavy (non-hydrogen) atoms. The summed E-state index contributed by atoms with van der Waals surface area (Å²) >= 11 is 6.66. The Hall–Kier alpha value is -3.50. The van der Waals surface area contributed by atoms with E-state index >= 15 is 0 Å². The molecule has 6 heterocycles. The molecular weight excluding hydrogens is 470 g/mol. The molecule has 0 radical (unpaired) electrons. The van der Waals surface area contributed by atoms with Crippen LogP contribution in [0.25, 0.3) is 11.3 Å². The molecule has 6 rings (SSSR count). The van der Waals surface area contributed by atoms with E-state index in [1.807, 2.05) is 25.1 Å². The summed E-state index contributed by atoms with van der Waals surface area (Å²) in [6, 6.07) is 7.24. The number of carbonyl (C=O) groups is 1. The normalized spacial score (nSPS) is 20.6. The average molecular weight is 494 g/mol. The number of nitrogens with one attached hydrogen (secondary N) is 1. The van der Waals surface area contributed by atoms with Crippen LogP contribution in [0.3, 0.4) is 0 Å². The molecule has 2 fully saturated rings. The van der Waals surface area contributed by atoms with Crippen LogP contribution < -0.4 is 19.9 Å². The van der Waals surface area contributed by atoms with Crippen LogP contribution in [-0.4, -0.2) is 64.4 Å². The van der Waals surface area contributed by atoms with Gasteiger partial charge in [0, 0.05) is 43.2 Å². The van der Waals surface area contributed by atoms with Crippen LogP contribution in [0.15, 0.2) is 36.7 Å². The highest BCUT2D eigenvalue weighted by atomic mass is 35.5. The van der Waals surface area contributed by atoms with Gasteiger partial charge < -0.3 is 14.4 Å². The number of urea groups is 1. The number of nitrogens with zero attached hydrogens (tertiary/aromatic N) is 6. The quantitative estimate of drug-likeness (QED) is 0.586. The van der Waals surface area contributed by atoms with Gasteiger partial charge in [-0.25, -0.2) is 14.8 Å². The third-order valence-electron chi connectivity index (χ3n) is 6.45. The molecule has 10 nitrogen and oxygen atoms in total. The molecule has 2 atom stereocenters. The van der Waals surface area contributed by atoms with E-state index in [4.69, 9.17) is 26.1 Å². The van der Waals surface area contributed by atoms with Gasteiger partial charge in [-0.1, -0.05) is 11.6 Å². The number of halogens is 1. The lowest BCUT2D eigenvalue weighted by atomic mass is 10.1. The van der Waals surface area contributed by atoms with Gasteiger partial charge in [-0.15, -0.1) is 0 Å². The first-order valence-corrected chi connectivity index (χ1v) is 12.0. The number of hydrogen-bond donors (Lipinski definition) is 1. The first-order chi connectivity index (χ1) is 17.0. The third-order valence-corrected chi connectivity index (χ3v) is 6.74. The number of hydrogen-bond acceptors (Lipinski definition) is 8. The van der Waals surface area contributed by atoms with E-state index in [0.29, 0.717) is 35.6 Å². The second-order valence-electron chi connectivity index (χ2n) is 8.86. The first-order valence-electron chi connectivity index (χ1n) is 11.6. The molecule has 3 aliphatic rings. The summed E-state index contributed by atoms with van der Waals surface area (Å²) in [4.78, 5) is 35.2. The zero-order chi connectivity index (χ0) is 23.9. The number of rotatable bonds is 4. The molecule has 2 saturated heterocycles. The summed E-state index contributed by atoms with van der Waals surface area (Å²) in [6.45, 7) is 4.65. The van der Waals surface area contributed by atoms with Crippen LogP contribution >= 0.6 is 11.6 Å². The molecule has 0 aliphatic carbocycles. The molecule has 180 valence electrons. The van der Waals surface area contributed by atoms with E-state index in [-0.39, 0.29) is 24.2 Å². The van der Waals surface area contributed by atoms with Crippen molar-refractivity contribution in [2.75, 3.05) is 41.4 Å². The van der Waals surface area contributed by atoms with Gasteiger partial charge in [-0.3, -0.25) is 15.2 Å². The number of carbonyl (C=O) groups excluding carboxylic acids is 1. The van der Waals surface area contributed by atoms with E-state index in [9.17, 15) is 4.79 Å². The molecule has 3 aromatic heterocycles. The van der Waals surface area contributed by atoms with Crippen LogP contribution in [0.2, 0.25) is 5.02 Å². The highest BCUT2D eigenvalue weighted by Gasteiger charge is 2.41. The summed E-state index contributed by atoms with van der Waals surface area (Å²) < 4.78 is 11.1. The topological polar surface area (TPSA) is 106 Å². The van der Waals surface area contributed by atoms with Crippen molar-refractivity contribution in [1.82, 2.24) is 19.9 Å². The first kappa shape index (κ1) is 22.0. The van der Waals surface area contributed by atoms with Crippen LogP contribution in [0.1, 0.15) is 18.5 Å². The number of pyridine rings is 2. The second-order valence-corrected chi connectivity index (χ2v) is 9.27. The van der Waals surface area contributed by atoms with E-state index < -0.39 is 0 Å². The average Bonchev–Trinajstić information content (AvgIpc) is 3.50. The van der Waals surface area contributed by atoms with Crippen molar-refractivity contribution in [1.29, 1.82) is 0 Å². The zero-order valence-corrected chi connectivity index (χ0v) is 19.9. The van der Waals surface area contributed by atoms with Crippen molar-refractivity contribution in [3.63, 3.8) is 0 Å². The molecule has 0 aromatic carbocycles.